The predicted molar refractivity (Wildman–Crippen MR) is 327 cm³/mol. The predicted octanol–water partition coefficient (Wildman–Crippen LogP) is 26.2. The van der Waals surface area contributed by atoms with Gasteiger partial charge in [-0.05, 0) is 55.0 Å². The fraction of sp³-hybridized carbons (Fsp3) is 0.912. The quantitative estimate of drug-likeness (QED) is 0.0586. The Morgan fingerprint density at radius 3 is 0.871 bits per heavy atom. The van der Waals surface area contributed by atoms with E-state index in [9.17, 15) is 0 Å². The van der Waals surface area contributed by atoms with Gasteiger partial charge in [-0.2, -0.15) is 0 Å². The second-order valence-electron chi connectivity index (χ2n) is 23.4. The lowest BCUT2D eigenvalue weighted by Crippen LogP contribution is -1.97. The smallest absolute Gasteiger partial charge is 0.0437 e. The van der Waals surface area contributed by atoms with Crippen LogP contribution in [0.5, 0.6) is 0 Å². The van der Waals surface area contributed by atoms with Crippen molar-refractivity contribution in [3.63, 3.8) is 0 Å². The Labute approximate surface area is 451 Å². The molecule has 1 aromatic heterocycles. The van der Waals surface area contributed by atoms with Gasteiger partial charge in [0.2, 0.25) is 0 Å². The van der Waals surface area contributed by atoms with E-state index in [4.69, 9.17) is 0 Å². The van der Waals surface area contributed by atoms with Crippen LogP contribution >= 0.6 is 23.1 Å². The molecule has 0 aromatic carbocycles. The van der Waals surface area contributed by atoms with Gasteiger partial charge in [0, 0.05) is 15.0 Å². The van der Waals surface area contributed by atoms with Crippen LogP contribution in [0.3, 0.4) is 0 Å². The Kier molecular flexibility index (Phi) is 50.5. The number of thioether (sulfide) groups is 1. The Hall–Kier alpha value is -0.210. The first-order chi connectivity index (χ1) is 34.8. The SMILES string of the molecule is CCCCCCCCCCCCCCCCCCCCc1csc(C2=CCC(CCCCCCCCCCCCCCCCCCCC)S2)c1CCCCCCCCCCCCCCCCCCCC. The van der Waals surface area contributed by atoms with E-state index in [-0.39, 0.29) is 0 Å². The van der Waals surface area contributed by atoms with Crippen molar-refractivity contribution in [3.05, 3.63) is 27.5 Å². The lowest BCUT2D eigenvalue weighted by Gasteiger charge is -2.12. The second-order valence-corrected chi connectivity index (χ2v) is 25.7. The summed E-state index contributed by atoms with van der Waals surface area (Å²) in [6.45, 7) is 6.96. The highest BCUT2D eigenvalue weighted by Gasteiger charge is 2.23. The second kappa shape index (κ2) is 53.6. The minimum Gasteiger partial charge on any atom is -0.143 e. The fourth-order valence-electron chi connectivity index (χ4n) is 11.6. The summed E-state index contributed by atoms with van der Waals surface area (Å²) < 4.78 is 0. The molecule has 0 N–H and O–H groups in total. The molecule has 1 aliphatic rings. The van der Waals surface area contributed by atoms with Crippen LogP contribution in [-0.4, -0.2) is 5.25 Å². The normalized spacial score (nSPS) is 13.9. The first-order valence-corrected chi connectivity index (χ1v) is 35.0. The summed E-state index contributed by atoms with van der Waals surface area (Å²) in [6.07, 6.45) is 87.0. The third-order valence-corrected chi connectivity index (χ3v) is 19.1. The molecule has 2 heterocycles. The Balaban J connectivity index is 1.60. The number of rotatable bonds is 58. The highest BCUT2D eigenvalue weighted by atomic mass is 32.2. The summed E-state index contributed by atoms with van der Waals surface area (Å²) >= 11 is 4.39. The molecule has 0 spiro atoms. The molecule has 412 valence electrons. The third-order valence-electron chi connectivity index (χ3n) is 16.5. The zero-order valence-corrected chi connectivity index (χ0v) is 50.2. The fourth-order valence-corrected chi connectivity index (χ4v) is 14.3. The van der Waals surface area contributed by atoms with E-state index in [1.165, 1.54) is 372 Å². The number of aryl methyl sites for hydroxylation is 1. The standard InChI is InChI=1S/C68H128S2/c1-4-7-10-13-16-19-22-25-28-31-34-37-40-43-46-49-52-55-58-64-63-69-68(66(64)60-57-54-51-48-45-42-39-36-33-30-27-24-21-18-15-12-9-6-3)67-62-61-65(70-67)59-56-53-50-47-44-41-38-35-32-29-26-23-20-17-14-11-8-5-2/h62-63,65H,4-61H2,1-3H3. The van der Waals surface area contributed by atoms with E-state index in [0.717, 1.165) is 5.25 Å². The van der Waals surface area contributed by atoms with Crippen molar-refractivity contribution in [3.8, 4) is 0 Å². The van der Waals surface area contributed by atoms with Crippen LogP contribution in [0.4, 0.5) is 0 Å². The third kappa shape index (κ3) is 41.1. The van der Waals surface area contributed by atoms with Crippen LogP contribution in [0.25, 0.3) is 4.91 Å². The van der Waals surface area contributed by atoms with Crippen LogP contribution in [-0.2, 0) is 12.8 Å². The summed E-state index contributed by atoms with van der Waals surface area (Å²) in [4.78, 5) is 3.36. The molecule has 0 bridgehead atoms. The molecular weight excluding hydrogens is 881 g/mol. The molecule has 70 heavy (non-hydrogen) atoms. The van der Waals surface area contributed by atoms with Crippen LogP contribution in [0.2, 0.25) is 0 Å². The van der Waals surface area contributed by atoms with E-state index < -0.39 is 0 Å². The number of thiophene rings is 1. The average Bonchev–Trinajstić information content (AvgIpc) is 4.02. The Morgan fingerprint density at radius 1 is 0.314 bits per heavy atom. The highest BCUT2D eigenvalue weighted by molar-refractivity contribution is 8.09. The molecule has 0 saturated carbocycles. The zero-order valence-electron chi connectivity index (χ0n) is 48.6. The van der Waals surface area contributed by atoms with Gasteiger partial charge in [0.05, 0.1) is 0 Å². The van der Waals surface area contributed by atoms with E-state index in [1.807, 2.05) is 0 Å². The molecule has 1 atom stereocenters. The molecule has 0 saturated heterocycles. The maximum atomic E-state index is 2.66. The largest absolute Gasteiger partial charge is 0.143 e. The molecule has 2 heteroatoms. The molecule has 0 amide bonds. The molecule has 2 rings (SSSR count). The zero-order chi connectivity index (χ0) is 49.7. The van der Waals surface area contributed by atoms with Crippen molar-refractivity contribution in [2.45, 2.75) is 398 Å². The van der Waals surface area contributed by atoms with Crippen molar-refractivity contribution >= 4 is 28.0 Å². The van der Waals surface area contributed by atoms with Gasteiger partial charge >= 0.3 is 0 Å². The van der Waals surface area contributed by atoms with Crippen LogP contribution in [0.1, 0.15) is 396 Å². The van der Waals surface area contributed by atoms with Crippen molar-refractivity contribution in [1.29, 1.82) is 0 Å². The minimum absolute atomic E-state index is 0.828. The number of allylic oxidation sites excluding steroid dienone is 1. The first-order valence-electron chi connectivity index (χ1n) is 33.3. The van der Waals surface area contributed by atoms with Gasteiger partial charge in [-0.1, -0.05) is 361 Å². The molecule has 0 aliphatic carbocycles. The van der Waals surface area contributed by atoms with Gasteiger partial charge in [-0.15, -0.1) is 23.1 Å². The van der Waals surface area contributed by atoms with Crippen molar-refractivity contribution < 1.29 is 0 Å². The van der Waals surface area contributed by atoms with Crippen LogP contribution in [0.15, 0.2) is 11.5 Å². The lowest BCUT2D eigenvalue weighted by molar-refractivity contribution is 0.523. The lowest BCUT2D eigenvalue weighted by atomic mass is 9.97. The number of unbranched alkanes of at least 4 members (excludes halogenated alkanes) is 51. The molecule has 1 unspecified atom stereocenters. The highest BCUT2D eigenvalue weighted by Crippen LogP contribution is 2.46. The summed E-state index contributed by atoms with van der Waals surface area (Å²) in [5.41, 5.74) is 3.51. The van der Waals surface area contributed by atoms with Crippen LogP contribution in [0, 0.1) is 0 Å². The summed E-state index contributed by atoms with van der Waals surface area (Å²) in [5.74, 6) is 0. The maximum absolute atomic E-state index is 2.66. The monoisotopic (exact) mass is 1010 g/mol. The molecular formula is C68H128S2. The van der Waals surface area contributed by atoms with Crippen molar-refractivity contribution in [1.82, 2.24) is 0 Å². The summed E-state index contributed by atoms with van der Waals surface area (Å²) in [7, 11) is 0. The molecule has 1 aromatic rings. The van der Waals surface area contributed by atoms with Gasteiger partial charge in [-0.3, -0.25) is 0 Å². The Morgan fingerprint density at radius 2 is 0.571 bits per heavy atom. The summed E-state index contributed by atoms with van der Waals surface area (Å²) in [6, 6.07) is 0. The molecule has 0 nitrogen and oxygen atoms in total. The molecule has 0 radical (unpaired) electrons. The van der Waals surface area contributed by atoms with E-state index >= 15 is 0 Å². The van der Waals surface area contributed by atoms with Gasteiger partial charge in [0.15, 0.2) is 0 Å². The van der Waals surface area contributed by atoms with Crippen molar-refractivity contribution in [2.24, 2.45) is 0 Å². The first kappa shape index (κ1) is 65.9. The van der Waals surface area contributed by atoms with E-state index in [1.54, 1.807) is 20.9 Å². The van der Waals surface area contributed by atoms with Crippen LogP contribution < -0.4 is 0 Å². The van der Waals surface area contributed by atoms with Crippen molar-refractivity contribution in [2.75, 3.05) is 0 Å². The van der Waals surface area contributed by atoms with E-state index in [0.29, 0.717) is 0 Å². The van der Waals surface area contributed by atoms with Gasteiger partial charge < -0.3 is 0 Å². The topological polar surface area (TPSA) is 0 Å². The van der Waals surface area contributed by atoms with Gasteiger partial charge in [0.25, 0.3) is 0 Å². The number of hydrogen-bond donors (Lipinski definition) is 0. The molecule has 0 fully saturated rings. The minimum atomic E-state index is 0.828. The Bertz CT molecular complexity index is 1190. The van der Waals surface area contributed by atoms with Gasteiger partial charge in [-0.25, -0.2) is 0 Å². The summed E-state index contributed by atoms with van der Waals surface area (Å²) in [5, 5.41) is 3.44. The van der Waals surface area contributed by atoms with E-state index in [2.05, 4.69) is 55.3 Å². The van der Waals surface area contributed by atoms with Gasteiger partial charge in [0.1, 0.15) is 0 Å². The average molecular weight is 1010 g/mol. The molecule has 1 aliphatic heterocycles. The maximum Gasteiger partial charge on any atom is 0.0437 e. The number of hydrogen-bond acceptors (Lipinski definition) is 2.